The molecular weight excluding hydrogens is 261 g/mol. The fraction of sp³-hybridized carbons (Fsp3) is 0.533. The molecule has 1 rings (SSSR count). The van der Waals surface area contributed by atoms with Crippen LogP contribution in [-0.4, -0.2) is 24.7 Å². The fourth-order valence-corrected chi connectivity index (χ4v) is 1.52. The molecule has 0 amide bonds. The molecule has 0 fully saturated rings. The lowest BCUT2D eigenvalue weighted by molar-refractivity contribution is -0.148. The maximum Gasteiger partial charge on any atom is 0.323 e. The molecule has 0 aliphatic carbocycles. The minimum Gasteiger partial charge on any atom is -0.484 e. The number of halogens is 1. The summed E-state index contributed by atoms with van der Waals surface area (Å²) in [4.78, 5) is 11.6. The highest BCUT2D eigenvalue weighted by atomic mass is 19.1. The number of esters is 1. The molecule has 0 aromatic heterocycles. The molecule has 0 spiro atoms. The van der Waals surface area contributed by atoms with E-state index in [2.05, 4.69) is 0 Å². The Morgan fingerprint density at radius 1 is 1.35 bits per heavy atom. The van der Waals surface area contributed by atoms with Crippen LogP contribution in [0.25, 0.3) is 0 Å². The van der Waals surface area contributed by atoms with Crippen molar-refractivity contribution in [2.75, 3.05) is 6.61 Å². The largest absolute Gasteiger partial charge is 0.484 e. The molecule has 0 unspecified atom stereocenters. The van der Waals surface area contributed by atoms with Gasteiger partial charge in [-0.1, -0.05) is 19.9 Å². The van der Waals surface area contributed by atoms with Crippen LogP contribution >= 0.6 is 0 Å². The lowest BCUT2D eigenvalue weighted by Gasteiger charge is -2.18. The molecule has 0 heterocycles. The number of carbonyl (C=O) groups is 1. The van der Waals surface area contributed by atoms with Crippen LogP contribution in [0.1, 0.15) is 26.3 Å². The highest BCUT2D eigenvalue weighted by Gasteiger charge is 2.20. The second-order valence-electron chi connectivity index (χ2n) is 5.26. The van der Waals surface area contributed by atoms with Crippen molar-refractivity contribution in [1.29, 1.82) is 0 Å². The number of benzene rings is 1. The second-order valence-corrected chi connectivity index (χ2v) is 5.26. The van der Waals surface area contributed by atoms with Gasteiger partial charge in [0.25, 0.3) is 0 Å². The summed E-state index contributed by atoms with van der Waals surface area (Å²) in [6.07, 6.45) is -0.449. The maximum absolute atomic E-state index is 13.6. The molecule has 0 aliphatic rings. The van der Waals surface area contributed by atoms with Gasteiger partial charge in [-0.25, -0.2) is 4.39 Å². The van der Waals surface area contributed by atoms with E-state index in [0.717, 1.165) is 5.56 Å². The molecule has 1 aromatic rings. The van der Waals surface area contributed by atoms with Crippen molar-refractivity contribution in [2.24, 2.45) is 11.7 Å². The average molecular weight is 283 g/mol. The summed E-state index contributed by atoms with van der Waals surface area (Å²) in [7, 11) is 0. The first kappa shape index (κ1) is 16.4. The Kier molecular flexibility index (Phi) is 5.95. The molecule has 2 N–H and O–H groups in total. The summed E-state index contributed by atoms with van der Waals surface area (Å²) in [5, 5.41) is 0. The van der Waals surface area contributed by atoms with Crippen LogP contribution in [0.3, 0.4) is 0 Å². The first-order valence-corrected chi connectivity index (χ1v) is 6.66. The standard InChI is InChI=1S/C15H22FNO3/c1-9(2)14(17)15(18)19-8-11(4)20-13-6-5-10(3)7-12(13)16/h5-7,9,11,14H,8,17H2,1-4H3/t11-,14+/m1/s1. The van der Waals surface area contributed by atoms with Gasteiger partial charge in [0.1, 0.15) is 18.8 Å². The number of rotatable bonds is 6. The van der Waals surface area contributed by atoms with Gasteiger partial charge in [0.05, 0.1) is 0 Å². The molecule has 5 heteroatoms. The molecule has 0 radical (unpaired) electrons. The van der Waals surface area contributed by atoms with E-state index in [1.165, 1.54) is 6.07 Å². The van der Waals surface area contributed by atoms with Gasteiger partial charge in [-0.05, 0) is 37.5 Å². The summed E-state index contributed by atoms with van der Waals surface area (Å²) in [6, 6.07) is 4.05. The van der Waals surface area contributed by atoms with E-state index in [4.69, 9.17) is 15.2 Å². The molecule has 20 heavy (non-hydrogen) atoms. The minimum atomic E-state index is -0.654. The van der Waals surface area contributed by atoms with Gasteiger partial charge in [-0.2, -0.15) is 0 Å². The van der Waals surface area contributed by atoms with Gasteiger partial charge >= 0.3 is 5.97 Å². The molecule has 2 atom stereocenters. The van der Waals surface area contributed by atoms with Crippen molar-refractivity contribution < 1.29 is 18.7 Å². The van der Waals surface area contributed by atoms with Crippen LogP contribution in [0.2, 0.25) is 0 Å². The Morgan fingerprint density at radius 3 is 2.55 bits per heavy atom. The highest BCUT2D eigenvalue weighted by molar-refractivity contribution is 5.75. The summed E-state index contributed by atoms with van der Waals surface area (Å²) in [6.45, 7) is 7.21. The van der Waals surface area contributed by atoms with Gasteiger partial charge in [0, 0.05) is 0 Å². The first-order valence-electron chi connectivity index (χ1n) is 6.66. The minimum absolute atomic E-state index is 0.00766. The SMILES string of the molecule is Cc1ccc(O[C@H](C)COC(=O)[C@@H](N)C(C)C)c(F)c1. The average Bonchev–Trinajstić information content (AvgIpc) is 2.38. The normalized spacial score (nSPS) is 13.9. The van der Waals surface area contributed by atoms with Crippen molar-refractivity contribution in [3.8, 4) is 5.75 Å². The van der Waals surface area contributed by atoms with Gasteiger partial charge in [-0.3, -0.25) is 4.79 Å². The topological polar surface area (TPSA) is 61.5 Å². The second kappa shape index (κ2) is 7.24. The zero-order valence-corrected chi connectivity index (χ0v) is 12.4. The van der Waals surface area contributed by atoms with Crippen LogP contribution in [-0.2, 0) is 9.53 Å². The molecule has 112 valence electrons. The Morgan fingerprint density at radius 2 is 2.00 bits per heavy atom. The van der Waals surface area contributed by atoms with Gasteiger partial charge in [0.2, 0.25) is 0 Å². The molecular formula is C15H22FNO3. The van der Waals surface area contributed by atoms with Crippen molar-refractivity contribution in [2.45, 2.75) is 39.8 Å². The predicted molar refractivity (Wildman–Crippen MR) is 75.0 cm³/mol. The van der Waals surface area contributed by atoms with Crippen LogP contribution in [0.4, 0.5) is 4.39 Å². The third-order valence-electron chi connectivity index (χ3n) is 2.87. The van der Waals surface area contributed by atoms with E-state index < -0.39 is 23.9 Å². The van der Waals surface area contributed by atoms with E-state index in [-0.39, 0.29) is 18.3 Å². The Balaban J connectivity index is 2.48. The predicted octanol–water partition coefficient (Wildman–Crippen LogP) is 2.43. The van der Waals surface area contributed by atoms with Gasteiger partial charge in [0.15, 0.2) is 11.6 Å². The number of nitrogens with two attached hydrogens (primary N) is 1. The summed E-state index contributed by atoms with van der Waals surface area (Å²) < 4.78 is 24.0. The van der Waals surface area contributed by atoms with Crippen molar-refractivity contribution in [3.05, 3.63) is 29.6 Å². The first-order chi connectivity index (χ1) is 9.31. The number of carbonyl (C=O) groups excluding carboxylic acids is 1. The fourth-order valence-electron chi connectivity index (χ4n) is 1.52. The van der Waals surface area contributed by atoms with E-state index in [1.807, 2.05) is 13.8 Å². The highest BCUT2D eigenvalue weighted by Crippen LogP contribution is 2.19. The molecule has 0 saturated heterocycles. The lowest BCUT2D eigenvalue weighted by atomic mass is 10.1. The van der Waals surface area contributed by atoms with E-state index in [0.29, 0.717) is 0 Å². The zero-order chi connectivity index (χ0) is 15.3. The Labute approximate surface area is 119 Å². The number of hydrogen-bond acceptors (Lipinski definition) is 4. The molecule has 4 nitrogen and oxygen atoms in total. The number of aryl methyl sites for hydroxylation is 1. The monoisotopic (exact) mass is 283 g/mol. The Bertz CT molecular complexity index is 462. The number of hydrogen-bond donors (Lipinski definition) is 1. The summed E-state index contributed by atoms with van der Waals surface area (Å²) in [5.41, 5.74) is 6.48. The third kappa shape index (κ3) is 4.81. The molecule has 0 aliphatic heterocycles. The Hall–Kier alpha value is -1.62. The quantitative estimate of drug-likeness (QED) is 0.814. The van der Waals surface area contributed by atoms with Crippen LogP contribution in [0, 0.1) is 18.7 Å². The van der Waals surface area contributed by atoms with Crippen LogP contribution in [0.15, 0.2) is 18.2 Å². The van der Waals surface area contributed by atoms with Gasteiger partial charge in [-0.15, -0.1) is 0 Å². The van der Waals surface area contributed by atoms with Crippen molar-refractivity contribution in [3.63, 3.8) is 0 Å². The maximum atomic E-state index is 13.6. The summed E-state index contributed by atoms with van der Waals surface area (Å²) in [5.74, 6) is -0.748. The number of ether oxygens (including phenoxy) is 2. The van der Waals surface area contributed by atoms with Crippen molar-refractivity contribution >= 4 is 5.97 Å². The van der Waals surface area contributed by atoms with E-state index >= 15 is 0 Å². The van der Waals surface area contributed by atoms with E-state index in [1.54, 1.807) is 26.0 Å². The lowest BCUT2D eigenvalue weighted by Crippen LogP contribution is -2.38. The van der Waals surface area contributed by atoms with Crippen LogP contribution in [0.5, 0.6) is 5.75 Å². The van der Waals surface area contributed by atoms with Crippen molar-refractivity contribution in [1.82, 2.24) is 0 Å². The molecule has 1 aromatic carbocycles. The zero-order valence-electron chi connectivity index (χ0n) is 12.4. The summed E-state index contributed by atoms with van der Waals surface area (Å²) >= 11 is 0. The van der Waals surface area contributed by atoms with E-state index in [9.17, 15) is 9.18 Å². The molecule has 0 saturated carbocycles. The third-order valence-corrected chi connectivity index (χ3v) is 2.87. The van der Waals surface area contributed by atoms with Gasteiger partial charge < -0.3 is 15.2 Å². The van der Waals surface area contributed by atoms with Crippen LogP contribution < -0.4 is 10.5 Å². The smallest absolute Gasteiger partial charge is 0.323 e. The molecule has 0 bridgehead atoms.